The molecule has 0 radical (unpaired) electrons. The fourth-order valence-electron chi connectivity index (χ4n) is 1.70. The number of halogens is 3. The molecule has 0 unspecified atom stereocenters. The van der Waals surface area contributed by atoms with Crippen LogP contribution in [0.3, 0.4) is 0 Å². The molecule has 0 saturated carbocycles. The fraction of sp³-hybridized carbons (Fsp3) is 0.200. The summed E-state index contributed by atoms with van der Waals surface area (Å²) in [6.07, 6.45) is 0. The van der Waals surface area contributed by atoms with Crippen molar-refractivity contribution >= 4 is 5.69 Å². The van der Waals surface area contributed by atoms with Crippen molar-refractivity contribution < 1.29 is 17.9 Å². The highest BCUT2D eigenvalue weighted by atomic mass is 19.3. The second-order valence-electron chi connectivity index (χ2n) is 4.34. The molecule has 0 amide bonds. The van der Waals surface area contributed by atoms with E-state index in [1.54, 1.807) is 31.2 Å². The Morgan fingerprint density at radius 3 is 2.40 bits per heavy atom. The molecule has 0 aromatic heterocycles. The van der Waals surface area contributed by atoms with Crippen LogP contribution in [0.15, 0.2) is 42.5 Å². The Morgan fingerprint density at radius 2 is 1.80 bits per heavy atom. The average molecular weight is 281 g/mol. The smallest absolute Gasteiger partial charge is 0.387 e. The van der Waals surface area contributed by atoms with Crippen LogP contribution in [0, 0.1) is 12.7 Å². The predicted molar refractivity (Wildman–Crippen MR) is 71.5 cm³/mol. The van der Waals surface area contributed by atoms with Crippen molar-refractivity contribution in [3.63, 3.8) is 0 Å². The van der Waals surface area contributed by atoms with E-state index in [-0.39, 0.29) is 11.6 Å². The number of alkyl halides is 2. The molecule has 5 heteroatoms. The van der Waals surface area contributed by atoms with Gasteiger partial charge in [-0.25, -0.2) is 4.39 Å². The van der Waals surface area contributed by atoms with Crippen LogP contribution in [0.2, 0.25) is 0 Å². The molecule has 2 nitrogen and oxygen atoms in total. The summed E-state index contributed by atoms with van der Waals surface area (Å²) in [7, 11) is 0. The minimum absolute atomic E-state index is 0.116. The number of rotatable bonds is 5. The highest BCUT2D eigenvalue weighted by Gasteiger charge is 2.04. The molecule has 20 heavy (non-hydrogen) atoms. The second kappa shape index (κ2) is 6.32. The Bertz CT molecular complexity index is 570. The molecule has 0 spiro atoms. The predicted octanol–water partition coefficient (Wildman–Crippen LogP) is 4.35. The van der Waals surface area contributed by atoms with E-state index in [0.29, 0.717) is 17.8 Å². The van der Waals surface area contributed by atoms with Gasteiger partial charge >= 0.3 is 6.61 Å². The molecule has 0 heterocycles. The Balaban J connectivity index is 1.95. The largest absolute Gasteiger partial charge is 0.435 e. The van der Waals surface area contributed by atoms with Gasteiger partial charge in [-0.05, 0) is 42.3 Å². The third-order valence-corrected chi connectivity index (χ3v) is 2.82. The van der Waals surface area contributed by atoms with Crippen molar-refractivity contribution in [1.82, 2.24) is 0 Å². The summed E-state index contributed by atoms with van der Waals surface area (Å²) in [6.45, 7) is -0.660. The lowest BCUT2D eigenvalue weighted by molar-refractivity contribution is -0.0498. The third kappa shape index (κ3) is 3.91. The summed E-state index contributed by atoms with van der Waals surface area (Å²) >= 11 is 0. The van der Waals surface area contributed by atoms with Crippen LogP contribution in [-0.4, -0.2) is 6.61 Å². The van der Waals surface area contributed by atoms with Crippen LogP contribution in [0.5, 0.6) is 5.75 Å². The summed E-state index contributed by atoms with van der Waals surface area (Å²) < 4.78 is 41.6. The monoisotopic (exact) mass is 281 g/mol. The van der Waals surface area contributed by atoms with E-state index in [9.17, 15) is 13.2 Å². The van der Waals surface area contributed by atoms with Gasteiger partial charge in [-0.15, -0.1) is 0 Å². The van der Waals surface area contributed by atoms with Gasteiger partial charge in [-0.3, -0.25) is 0 Å². The lowest BCUT2D eigenvalue weighted by Gasteiger charge is -2.09. The van der Waals surface area contributed by atoms with E-state index in [0.717, 1.165) is 5.56 Å². The minimum Gasteiger partial charge on any atom is -0.435 e. The first-order chi connectivity index (χ1) is 9.54. The molecule has 1 N–H and O–H groups in total. The Morgan fingerprint density at radius 1 is 1.10 bits per heavy atom. The zero-order valence-corrected chi connectivity index (χ0v) is 10.9. The number of hydrogen-bond acceptors (Lipinski definition) is 2. The number of nitrogens with one attached hydrogen (secondary N) is 1. The van der Waals surface area contributed by atoms with E-state index >= 15 is 0 Å². The van der Waals surface area contributed by atoms with Crippen molar-refractivity contribution in [1.29, 1.82) is 0 Å². The summed E-state index contributed by atoms with van der Waals surface area (Å²) in [6, 6.07) is 11.2. The van der Waals surface area contributed by atoms with Crippen LogP contribution in [0.25, 0.3) is 0 Å². The maximum Gasteiger partial charge on any atom is 0.387 e. The molecule has 2 rings (SSSR count). The third-order valence-electron chi connectivity index (χ3n) is 2.82. The quantitative estimate of drug-likeness (QED) is 0.879. The molecule has 0 fully saturated rings. The molecular weight excluding hydrogens is 267 g/mol. The molecular formula is C15H14F3NO. The second-order valence-corrected chi connectivity index (χ2v) is 4.34. The van der Waals surface area contributed by atoms with E-state index in [2.05, 4.69) is 10.1 Å². The topological polar surface area (TPSA) is 21.3 Å². The van der Waals surface area contributed by atoms with Crippen molar-refractivity contribution in [3.05, 3.63) is 59.4 Å². The zero-order chi connectivity index (χ0) is 14.5. The van der Waals surface area contributed by atoms with Gasteiger partial charge in [0.15, 0.2) is 0 Å². The zero-order valence-electron chi connectivity index (χ0n) is 10.9. The van der Waals surface area contributed by atoms with Gasteiger partial charge < -0.3 is 10.1 Å². The molecule has 0 atom stereocenters. The summed E-state index contributed by atoms with van der Waals surface area (Å²) in [5.41, 5.74) is 2.14. The van der Waals surface area contributed by atoms with Crippen LogP contribution in [0.4, 0.5) is 18.9 Å². The van der Waals surface area contributed by atoms with Crippen molar-refractivity contribution in [2.75, 3.05) is 5.32 Å². The lowest BCUT2D eigenvalue weighted by atomic mass is 10.2. The van der Waals surface area contributed by atoms with Gasteiger partial charge in [0, 0.05) is 12.2 Å². The number of hydrogen-bond donors (Lipinski definition) is 1. The van der Waals surface area contributed by atoms with Crippen molar-refractivity contribution in [2.45, 2.75) is 20.1 Å². The molecule has 0 bridgehead atoms. The normalized spacial score (nSPS) is 10.7. The number of benzene rings is 2. The van der Waals surface area contributed by atoms with E-state index in [1.807, 2.05) is 0 Å². The number of aryl methyl sites for hydroxylation is 1. The molecule has 0 aliphatic rings. The first-order valence-electron chi connectivity index (χ1n) is 6.08. The molecule has 2 aromatic rings. The van der Waals surface area contributed by atoms with Gasteiger partial charge in [0.1, 0.15) is 11.6 Å². The maximum absolute atomic E-state index is 13.4. The first-order valence-corrected chi connectivity index (χ1v) is 6.08. The first kappa shape index (κ1) is 14.2. The highest BCUT2D eigenvalue weighted by molar-refractivity contribution is 5.45. The number of ether oxygens (including phenoxy) is 1. The SMILES string of the molecule is Cc1ccc(NCc2ccc(OC(F)F)cc2)cc1F. The van der Waals surface area contributed by atoms with Gasteiger partial charge in [0.25, 0.3) is 0 Å². The van der Waals surface area contributed by atoms with E-state index < -0.39 is 6.61 Å². The van der Waals surface area contributed by atoms with E-state index in [4.69, 9.17) is 0 Å². The standard InChI is InChI=1S/C15H14F3NO/c1-10-2-5-12(8-14(10)16)19-9-11-3-6-13(7-4-11)20-15(17)18/h2-8,15,19H,9H2,1H3. The summed E-state index contributed by atoms with van der Waals surface area (Å²) in [4.78, 5) is 0. The van der Waals surface area contributed by atoms with Gasteiger partial charge in [0.2, 0.25) is 0 Å². The molecule has 2 aromatic carbocycles. The molecule has 0 aliphatic heterocycles. The average Bonchev–Trinajstić information content (AvgIpc) is 2.41. The minimum atomic E-state index is -2.82. The maximum atomic E-state index is 13.4. The van der Waals surface area contributed by atoms with Gasteiger partial charge in [-0.2, -0.15) is 8.78 Å². The Hall–Kier alpha value is -2.17. The summed E-state index contributed by atoms with van der Waals surface area (Å²) in [5.74, 6) is -0.152. The fourth-order valence-corrected chi connectivity index (χ4v) is 1.70. The molecule has 0 aliphatic carbocycles. The molecule has 0 saturated heterocycles. The van der Waals surface area contributed by atoms with Crippen molar-refractivity contribution in [2.24, 2.45) is 0 Å². The number of anilines is 1. The highest BCUT2D eigenvalue weighted by Crippen LogP contribution is 2.17. The summed E-state index contributed by atoms with van der Waals surface area (Å²) in [5, 5.41) is 3.06. The van der Waals surface area contributed by atoms with Crippen LogP contribution in [-0.2, 0) is 6.54 Å². The lowest BCUT2D eigenvalue weighted by Crippen LogP contribution is -2.03. The van der Waals surface area contributed by atoms with Crippen molar-refractivity contribution in [3.8, 4) is 5.75 Å². The Kier molecular flexibility index (Phi) is 4.50. The van der Waals surface area contributed by atoms with Crippen LogP contribution < -0.4 is 10.1 Å². The van der Waals surface area contributed by atoms with Crippen LogP contribution in [0.1, 0.15) is 11.1 Å². The Labute approximate surface area is 115 Å². The van der Waals surface area contributed by atoms with Gasteiger partial charge in [-0.1, -0.05) is 18.2 Å². The van der Waals surface area contributed by atoms with Crippen LogP contribution >= 0.6 is 0 Å². The van der Waals surface area contributed by atoms with Gasteiger partial charge in [0.05, 0.1) is 0 Å². The van der Waals surface area contributed by atoms with E-state index in [1.165, 1.54) is 18.2 Å². The molecule has 106 valence electrons.